The molecule has 2 aromatic rings. The van der Waals surface area contributed by atoms with E-state index in [-0.39, 0.29) is 5.75 Å². The number of carbonyl (C=O) groups excluding carboxylic acids is 1. The quantitative estimate of drug-likeness (QED) is 0.767. The monoisotopic (exact) mass is 370 g/mol. The molecular weight excluding hydrogens is 344 g/mol. The van der Waals surface area contributed by atoms with Gasteiger partial charge < -0.3 is 19.3 Å². The average molecular weight is 370 g/mol. The lowest BCUT2D eigenvalue weighted by atomic mass is 9.89. The van der Waals surface area contributed by atoms with E-state index in [2.05, 4.69) is 0 Å². The van der Waals surface area contributed by atoms with Crippen LogP contribution >= 0.6 is 0 Å². The van der Waals surface area contributed by atoms with Crippen molar-refractivity contribution in [3.63, 3.8) is 0 Å². The third-order valence-corrected chi connectivity index (χ3v) is 4.80. The molecule has 3 rings (SSSR count). The SMILES string of the molecule is CCCOC(C(=O)OC)c1c(C)ccc(O)c1-c1ccc2c(c1)CCCO2. The maximum Gasteiger partial charge on any atom is 0.339 e. The van der Waals surface area contributed by atoms with E-state index < -0.39 is 12.1 Å². The molecule has 0 bridgehead atoms. The van der Waals surface area contributed by atoms with E-state index in [9.17, 15) is 9.90 Å². The van der Waals surface area contributed by atoms with E-state index in [0.29, 0.717) is 17.7 Å². The molecule has 1 N–H and O–H groups in total. The van der Waals surface area contributed by atoms with Gasteiger partial charge in [-0.3, -0.25) is 0 Å². The first-order valence-electron chi connectivity index (χ1n) is 9.34. The summed E-state index contributed by atoms with van der Waals surface area (Å²) in [7, 11) is 1.35. The van der Waals surface area contributed by atoms with Gasteiger partial charge in [-0.05, 0) is 61.1 Å². The number of hydrogen-bond acceptors (Lipinski definition) is 5. The molecule has 1 unspecified atom stereocenters. The number of phenols is 1. The van der Waals surface area contributed by atoms with Gasteiger partial charge in [0.1, 0.15) is 11.5 Å². The highest BCUT2D eigenvalue weighted by molar-refractivity contribution is 5.85. The molecule has 0 fully saturated rings. The average Bonchev–Trinajstić information content (AvgIpc) is 2.70. The molecule has 1 heterocycles. The number of phenolic OH excluding ortho intramolecular Hbond substituents is 1. The molecule has 0 aromatic heterocycles. The largest absolute Gasteiger partial charge is 0.507 e. The molecule has 1 aliphatic heterocycles. The molecule has 144 valence electrons. The Morgan fingerprint density at radius 3 is 2.85 bits per heavy atom. The van der Waals surface area contributed by atoms with Crippen LogP contribution in [0.25, 0.3) is 11.1 Å². The van der Waals surface area contributed by atoms with Gasteiger partial charge in [0.05, 0.1) is 13.7 Å². The number of aryl methyl sites for hydroxylation is 2. The Labute approximate surface area is 159 Å². The molecular formula is C22H26O5. The van der Waals surface area contributed by atoms with Crippen LogP contribution in [0, 0.1) is 6.92 Å². The molecule has 0 spiro atoms. The van der Waals surface area contributed by atoms with E-state index >= 15 is 0 Å². The van der Waals surface area contributed by atoms with Crippen LogP contribution in [-0.4, -0.2) is 31.4 Å². The van der Waals surface area contributed by atoms with Gasteiger partial charge in [-0.2, -0.15) is 0 Å². The van der Waals surface area contributed by atoms with Crippen molar-refractivity contribution in [2.45, 2.75) is 39.2 Å². The number of hydrogen-bond donors (Lipinski definition) is 1. The maximum atomic E-state index is 12.4. The molecule has 0 amide bonds. The Bertz CT molecular complexity index is 828. The number of esters is 1. The first-order valence-corrected chi connectivity index (χ1v) is 9.34. The van der Waals surface area contributed by atoms with Crippen molar-refractivity contribution in [3.05, 3.63) is 47.0 Å². The maximum absolute atomic E-state index is 12.4. The second-order valence-corrected chi connectivity index (χ2v) is 6.74. The van der Waals surface area contributed by atoms with E-state index in [4.69, 9.17) is 14.2 Å². The normalized spacial score (nSPS) is 14.2. The van der Waals surface area contributed by atoms with Gasteiger partial charge in [0.25, 0.3) is 0 Å². The van der Waals surface area contributed by atoms with Crippen LogP contribution in [0.3, 0.4) is 0 Å². The smallest absolute Gasteiger partial charge is 0.339 e. The zero-order valence-corrected chi connectivity index (χ0v) is 16.1. The highest BCUT2D eigenvalue weighted by atomic mass is 16.6. The van der Waals surface area contributed by atoms with Gasteiger partial charge >= 0.3 is 5.97 Å². The molecule has 27 heavy (non-hydrogen) atoms. The third kappa shape index (κ3) is 3.93. The Balaban J connectivity index is 2.15. The van der Waals surface area contributed by atoms with Crippen LogP contribution in [0.2, 0.25) is 0 Å². The Morgan fingerprint density at radius 1 is 1.30 bits per heavy atom. The zero-order chi connectivity index (χ0) is 19.4. The highest BCUT2D eigenvalue weighted by Gasteiger charge is 2.29. The highest BCUT2D eigenvalue weighted by Crippen LogP contribution is 2.41. The van der Waals surface area contributed by atoms with Crippen molar-refractivity contribution in [2.75, 3.05) is 20.3 Å². The number of methoxy groups -OCH3 is 1. The van der Waals surface area contributed by atoms with Crippen molar-refractivity contribution < 1.29 is 24.1 Å². The minimum absolute atomic E-state index is 0.112. The number of carbonyl (C=O) groups is 1. The van der Waals surface area contributed by atoms with Gasteiger partial charge in [0, 0.05) is 17.7 Å². The minimum Gasteiger partial charge on any atom is -0.507 e. The number of rotatable bonds is 6. The summed E-state index contributed by atoms with van der Waals surface area (Å²) in [6.45, 7) is 5.04. The van der Waals surface area contributed by atoms with E-state index in [0.717, 1.165) is 48.3 Å². The minimum atomic E-state index is -0.885. The summed E-state index contributed by atoms with van der Waals surface area (Å²) in [5, 5.41) is 10.7. The Morgan fingerprint density at radius 2 is 2.11 bits per heavy atom. The van der Waals surface area contributed by atoms with Crippen molar-refractivity contribution in [1.29, 1.82) is 0 Å². The number of ether oxygens (including phenoxy) is 3. The zero-order valence-electron chi connectivity index (χ0n) is 16.1. The van der Waals surface area contributed by atoms with Gasteiger partial charge in [-0.25, -0.2) is 4.79 Å². The molecule has 1 aliphatic rings. The molecule has 2 aromatic carbocycles. The van der Waals surface area contributed by atoms with Crippen molar-refractivity contribution in [2.24, 2.45) is 0 Å². The van der Waals surface area contributed by atoms with Crippen LogP contribution in [-0.2, 0) is 20.7 Å². The number of fused-ring (bicyclic) bond motifs is 1. The molecule has 0 aliphatic carbocycles. The molecule has 5 nitrogen and oxygen atoms in total. The second kappa shape index (κ2) is 8.44. The van der Waals surface area contributed by atoms with E-state index in [1.807, 2.05) is 32.0 Å². The molecule has 5 heteroatoms. The summed E-state index contributed by atoms with van der Waals surface area (Å²) in [5.74, 6) is 0.520. The Kier molecular flexibility index (Phi) is 6.01. The fourth-order valence-corrected chi connectivity index (χ4v) is 3.48. The fourth-order valence-electron chi connectivity index (χ4n) is 3.48. The van der Waals surface area contributed by atoms with Gasteiger partial charge in [-0.15, -0.1) is 0 Å². The summed E-state index contributed by atoms with van der Waals surface area (Å²) >= 11 is 0. The second-order valence-electron chi connectivity index (χ2n) is 6.74. The van der Waals surface area contributed by atoms with Crippen molar-refractivity contribution in [1.82, 2.24) is 0 Å². The third-order valence-electron chi connectivity index (χ3n) is 4.80. The molecule has 0 saturated heterocycles. The first kappa shape index (κ1) is 19.2. The van der Waals surface area contributed by atoms with E-state index in [1.54, 1.807) is 12.1 Å². The fraction of sp³-hybridized carbons (Fsp3) is 0.409. The van der Waals surface area contributed by atoms with Crippen LogP contribution in [0.1, 0.15) is 42.6 Å². The van der Waals surface area contributed by atoms with Crippen molar-refractivity contribution >= 4 is 5.97 Å². The number of benzene rings is 2. The standard InChI is InChI=1S/C22H26O5/c1-4-11-27-21(22(24)25-3)19-14(2)7-9-17(23)20(19)16-8-10-18-15(13-16)6-5-12-26-18/h7-10,13,21,23H,4-6,11-12H2,1-3H3. The topological polar surface area (TPSA) is 65.0 Å². The summed E-state index contributed by atoms with van der Waals surface area (Å²) < 4.78 is 16.5. The van der Waals surface area contributed by atoms with Crippen molar-refractivity contribution in [3.8, 4) is 22.6 Å². The summed E-state index contributed by atoms with van der Waals surface area (Å²) in [6, 6.07) is 9.31. The number of aromatic hydroxyl groups is 1. The predicted octanol–water partition coefficient (Wildman–Crippen LogP) is 4.33. The molecule has 0 saturated carbocycles. The van der Waals surface area contributed by atoms with Gasteiger partial charge in [0.2, 0.25) is 0 Å². The Hall–Kier alpha value is -2.53. The molecule has 0 radical (unpaired) electrons. The summed E-state index contributed by atoms with van der Waals surface area (Å²) in [5.41, 5.74) is 4.06. The lowest BCUT2D eigenvalue weighted by Crippen LogP contribution is -2.20. The lowest BCUT2D eigenvalue weighted by molar-refractivity contribution is -0.154. The van der Waals surface area contributed by atoms with Crippen LogP contribution < -0.4 is 4.74 Å². The van der Waals surface area contributed by atoms with Gasteiger partial charge in [-0.1, -0.05) is 19.1 Å². The first-order chi connectivity index (χ1) is 13.1. The summed E-state index contributed by atoms with van der Waals surface area (Å²) in [6.07, 6.45) is 1.78. The summed E-state index contributed by atoms with van der Waals surface area (Å²) in [4.78, 5) is 12.4. The van der Waals surface area contributed by atoms with Crippen LogP contribution in [0.4, 0.5) is 0 Å². The van der Waals surface area contributed by atoms with Crippen LogP contribution in [0.5, 0.6) is 11.5 Å². The predicted molar refractivity (Wildman–Crippen MR) is 103 cm³/mol. The van der Waals surface area contributed by atoms with Gasteiger partial charge in [0.15, 0.2) is 6.10 Å². The molecule has 1 atom stereocenters. The van der Waals surface area contributed by atoms with Crippen LogP contribution in [0.15, 0.2) is 30.3 Å². The van der Waals surface area contributed by atoms with E-state index in [1.165, 1.54) is 7.11 Å². The lowest BCUT2D eigenvalue weighted by Gasteiger charge is -2.23.